The highest BCUT2D eigenvalue weighted by Crippen LogP contribution is 2.10. The molecule has 2 rings (SSSR count). The molecule has 0 aromatic carbocycles. The predicted octanol–water partition coefficient (Wildman–Crippen LogP) is 0.725. The Morgan fingerprint density at radius 2 is 2.50 bits per heavy atom. The van der Waals surface area contributed by atoms with Crippen LogP contribution in [0, 0.1) is 0 Å². The lowest BCUT2D eigenvalue weighted by atomic mass is 10.3. The van der Waals surface area contributed by atoms with E-state index in [-0.39, 0.29) is 6.54 Å². The third kappa shape index (κ3) is 1.63. The number of nitrogens with one attached hydrogen (secondary N) is 2. The molecule has 0 aliphatic rings. The minimum atomic E-state index is -1.05. The van der Waals surface area contributed by atoms with E-state index < -0.39 is 6.09 Å². The van der Waals surface area contributed by atoms with Crippen molar-refractivity contribution < 1.29 is 9.90 Å². The number of carboxylic acid groups (broad SMARTS) is 1. The van der Waals surface area contributed by atoms with Gasteiger partial charge < -0.3 is 15.4 Å². The quantitative estimate of drug-likeness (QED) is 0.654. The van der Waals surface area contributed by atoms with Crippen molar-refractivity contribution in [2.45, 2.75) is 6.54 Å². The van der Waals surface area contributed by atoms with Crippen molar-refractivity contribution in [3.8, 4) is 0 Å². The molecule has 14 heavy (non-hydrogen) atoms. The second-order valence-electron chi connectivity index (χ2n) is 2.78. The first kappa shape index (κ1) is 8.49. The van der Waals surface area contributed by atoms with E-state index in [0.29, 0.717) is 5.65 Å². The van der Waals surface area contributed by atoms with Crippen molar-refractivity contribution in [1.82, 2.24) is 20.3 Å². The van der Waals surface area contributed by atoms with Gasteiger partial charge in [0.05, 0.1) is 6.54 Å². The molecular weight excluding hydrogens is 184 g/mol. The molecule has 2 aromatic heterocycles. The number of H-pyrrole nitrogens is 1. The molecule has 0 fully saturated rings. The molecule has 0 atom stereocenters. The maximum atomic E-state index is 10.2. The molecule has 0 radical (unpaired) electrons. The fourth-order valence-corrected chi connectivity index (χ4v) is 1.19. The summed E-state index contributed by atoms with van der Waals surface area (Å²) < 4.78 is 0. The normalized spacial score (nSPS) is 10.3. The van der Waals surface area contributed by atoms with Crippen LogP contribution in [-0.4, -0.2) is 26.2 Å². The highest BCUT2D eigenvalue weighted by molar-refractivity contribution is 5.75. The topological polar surface area (TPSA) is 90.9 Å². The highest BCUT2D eigenvalue weighted by Gasteiger charge is 2.02. The third-order valence-corrected chi connectivity index (χ3v) is 1.78. The van der Waals surface area contributed by atoms with E-state index in [1.807, 2.05) is 6.07 Å². The molecule has 0 aliphatic heterocycles. The number of hydrogen-bond donors (Lipinski definition) is 3. The molecule has 3 N–H and O–H groups in total. The van der Waals surface area contributed by atoms with E-state index in [1.54, 1.807) is 6.20 Å². The van der Waals surface area contributed by atoms with E-state index in [2.05, 4.69) is 20.3 Å². The van der Waals surface area contributed by atoms with E-state index in [4.69, 9.17) is 5.11 Å². The fourth-order valence-electron chi connectivity index (χ4n) is 1.19. The van der Waals surface area contributed by atoms with E-state index in [1.165, 1.54) is 6.33 Å². The van der Waals surface area contributed by atoms with Crippen LogP contribution < -0.4 is 5.32 Å². The SMILES string of the molecule is O=C(O)NCc1cc2cncnc2[nH]1. The number of nitrogens with zero attached hydrogens (tertiary/aromatic N) is 2. The summed E-state index contributed by atoms with van der Waals surface area (Å²) in [5, 5.41) is 11.5. The van der Waals surface area contributed by atoms with Crippen molar-refractivity contribution in [3.63, 3.8) is 0 Å². The van der Waals surface area contributed by atoms with Crippen molar-refractivity contribution in [2.75, 3.05) is 0 Å². The lowest BCUT2D eigenvalue weighted by Crippen LogP contribution is -2.19. The summed E-state index contributed by atoms with van der Waals surface area (Å²) in [6.07, 6.45) is 2.06. The molecule has 2 heterocycles. The van der Waals surface area contributed by atoms with Gasteiger partial charge in [0.1, 0.15) is 12.0 Å². The van der Waals surface area contributed by atoms with Gasteiger partial charge in [-0.25, -0.2) is 14.8 Å². The van der Waals surface area contributed by atoms with Crippen LogP contribution in [0.5, 0.6) is 0 Å². The Hall–Kier alpha value is -2.11. The van der Waals surface area contributed by atoms with E-state index in [9.17, 15) is 4.79 Å². The van der Waals surface area contributed by atoms with Crippen LogP contribution in [0.2, 0.25) is 0 Å². The Kier molecular flexibility index (Phi) is 2.02. The standard InChI is InChI=1S/C8H8N4O2/c13-8(14)10-3-6-1-5-2-9-4-11-7(5)12-6/h1-2,4,10H,3H2,(H,13,14)(H,9,11,12). The summed E-state index contributed by atoms with van der Waals surface area (Å²) in [4.78, 5) is 21.0. The summed E-state index contributed by atoms with van der Waals surface area (Å²) in [5.74, 6) is 0. The molecule has 72 valence electrons. The number of amides is 1. The van der Waals surface area contributed by atoms with Crippen LogP contribution in [0.25, 0.3) is 11.0 Å². The summed E-state index contributed by atoms with van der Waals surface area (Å²) in [6, 6.07) is 1.81. The van der Waals surface area contributed by atoms with Crippen molar-refractivity contribution in [3.05, 3.63) is 24.3 Å². The molecule has 0 unspecified atom stereocenters. The Morgan fingerprint density at radius 1 is 1.64 bits per heavy atom. The highest BCUT2D eigenvalue weighted by atomic mass is 16.4. The molecule has 6 nitrogen and oxygen atoms in total. The number of carbonyl (C=O) groups is 1. The number of rotatable bonds is 2. The summed E-state index contributed by atoms with van der Waals surface area (Å²) in [5.41, 5.74) is 1.48. The number of aromatic nitrogens is 3. The number of hydrogen-bond acceptors (Lipinski definition) is 3. The van der Waals surface area contributed by atoms with Gasteiger partial charge in [-0.1, -0.05) is 0 Å². The van der Waals surface area contributed by atoms with Gasteiger partial charge in [0.25, 0.3) is 0 Å². The maximum absolute atomic E-state index is 10.2. The van der Waals surface area contributed by atoms with Crippen molar-refractivity contribution in [1.29, 1.82) is 0 Å². The number of aromatic amines is 1. The van der Waals surface area contributed by atoms with E-state index in [0.717, 1.165) is 11.1 Å². The minimum absolute atomic E-state index is 0.242. The Morgan fingerprint density at radius 3 is 3.21 bits per heavy atom. The first-order chi connectivity index (χ1) is 6.75. The lowest BCUT2D eigenvalue weighted by molar-refractivity contribution is 0.194. The Bertz CT molecular complexity index is 432. The Labute approximate surface area is 79.0 Å². The van der Waals surface area contributed by atoms with Crippen LogP contribution in [-0.2, 0) is 6.54 Å². The van der Waals surface area contributed by atoms with Gasteiger partial charge >= 0.3 is 6.09 Å². The second-order valence-corrected chi connectivity index (χ2v) is 2.78. The van der Waals surface area contributed by atoms with Crippen molar-refractivity contribution in [2.24, 2.45) is 0 Å². The maximum Gasteiger partial charge on any atom is 0.404 e. The van der Waals surface area contributed by atoms with Gasteiger partial charge in [0.2, 0.25) is 0 Å². The molecule has 0 saturated carbocycles. The molecule has 0 spiro atoms. The van der Waals surface area contributed by atoms with E-state index >= 15 is 0 Å². The fraction of sp³-hybridized carbons (Fsp3) is 0.125. The zero-order chi connectivity index (χ0) is 9.97. The minimum Gasteiger partial charge on any atom is -0.465 e. The summed E-state index contributed by atoms with van der Waals surface area (Å²) in [6.45, 7) is 0.242. The molecular formula is C8H8N4O2. The van der Waals surface area contributed by atoms with Gasteiger partial charge in [-0.3, -0.25) is 0 Å². The average molecular weight is 192 g/mol. The first-order valence-electron chi connectivity index (χ1n) is 4.00. The smallest absolute Gasteiger partial charge is 0.404 e. The summed E-state index contributed by atoms with van der Waals surface area (Å²) in [7, 11) is 0. The second kappa shape index (κ2) is 3.33. The summed E-state index contributed by atoms with van der Waals surface area (Å²) >= 11 is 0. The number of fused-ring (bicyclic) bond motifs is 1. The monoisotopic (exact) mass is 192 g/mol. The van der Waals surface area contributed by atoms with Gasteiger partial charge in [0.15, 0.2) is 0 Å². The first-order valence-corrected chi connectivity index (χ1v) is 4.00. The van der Waals surface area contributed by atoms with Crippen LogP contribution in [0.15, 0.2) is 18.6 Å². The molecule has 0 aliphatic carbocycles. The van der Waals surface area contributed by atoms with Gasteiger partial charge in [-0.2, -0.15) is 0 Å². The molecule has 0 bridgehead atoms. The predicted molar refractivity (Wildman–Crippen MR) is 48.8 cm³/mol. The van der Waals surface area contributed by atoms with Gasteiger partial charge in [-0.15, -0.1) is 0 Å². The molecule has 1 amide bonds. The third-order valence-electron chi connectivity index (χ3n) is 1.78. The molecule has 6 heteroatoms. The van der Waals surface area contributed by atoms with Crippen LogP contribution in [0.1, 0.15) is 5.69 Å². The van der Waals surface area contributed by atoms with Gasteiger partial charge in [0, 0.05) is 17.3 Å². The molecule has 2 aromatic rings. The van der Waals surface area contributed by atoms with Gasteiger partial charge in [-0.05, 0) is 6.07 Å². The average Bonchev–Trinajstić information content (AvgIpc) is 2.57. The van der Waals surface area contributed by atoms with Crippen LogP contribution in [0.3, 0.4) is 0 Å². The zero-order valence-electron chi connectivity index (χ0n) is 7.19. The van der Waals surface area contributed by atoms with Crippen LogP contribution >= 0.6 is 0 Å². The lowest BCUT2D eigenvalue weighted by Gasteiger charge is -1.95. The zero-order valence-corrected chi connectivity index (χ0v) is 7.19. The van der Waals surface area contributed by atoms with Crippen LogP contribution in [0.4, 0.5) is 4.79 Å². The van der Waals surface area contributed by atoms with Crippen molar-refractivity contribution >= 4 is 17.1 Å². The largest absolute Gasteiger partial charge is 0.465 e. The Balaban J connectivity index is 2.22. The molecule has 0 saturated heterocycles.